The molecular formula is C19H16FNO3S2. The number of benzene rings is 2. The van der Waals surface area contributed by atoms with Crippen molar-refractivity contribution in [1.29, 1.82) is 0 Å². The molecule has 0 fully saturated rings. The van der Waals surface area contributed by atoms with Crippen LogP contribution in [0.25, 0.3) is 0 Å². The highest BCUT2D eigenvalue weighted by molar-refractivity contribution is 7.89. The second kappa shape index (κ2) is 7.49. The summed E-state index contributed by atoms with van der Waals surface area (Å²) in [5.74, 6) is -0.522. The van der Waals surface area contributed by atoms with Crippen LogP contribution < -0.4 is 4.72 Å². The third kappa shape index (κ3) is 4.07. The van der Waals surface area contributed by atoms with Gasteiger partial charge in [0.05, 0.1) is 10.9 Å². The van der Waals surface area contributed by atoms with Gasteiger partial charge in [-0.15, -0.1) is 11.3 Å². The molecule has 3 aromatic rings. The number of carbonyl (C=O) groups excluding carboxylic acids is 1. The lowest BCUT2D eigenvalue weighted by Gasteiger charge is -2.18. The Bertz CT molecular complexity index is 996. The molecule has 1 heterocycles. The number of carbonyl (C=O) groups is 1. The quantitative estimate of drug-likeness (QED) is 0.644. The molecule has 4 nitrogen and oxygen atoms in total. The molecule has 0 unspecified atom stereocenters. The predicted octanol–water partition coefficient (Wildman–Crippen LogP) is 4.16. The van der Waals surface area contributed by atoms with Gasteiger partial charge in [-0.2, -0.15) is 4.72 Å². The van der Waals surface area contributed by atoms with Crippen LogP contribution in [0.2, 0.25) is 0 Å². The summed E-state index contributed by atoms with van der Waals surface area (Å²) in [7, 11) is -3.83. The molecule has 0 saturated carbocycles. The summed E-state index contributed by atoms with van der Waals surface area (Å²) in [6.45, 7) is 1.42. The molecule has 0 spiro atoms. The Morgan fingerprint density at radius 2 is 1.69 bits per heavy atom. The van der Waals surface area contributed by atoms with E-state index in [0.29, 0.717) is 11.1 Å². The van der Waals surface area contributed by atoms with Gasteiger partial charge in [-0.3, -0.25) is 4.79 Å². The molecule has 2 aromatic carbocycles. The first-order valence-corrected chi connectivity index (χ1v) is 10.2. The van der Waals surface area contributed by atoms with Crippen LogP contribution in [-0.2, 0) is 10.0 Å². The normalized spacial score (nSPS) is 12.7. The Morgan fingerprint density at radius 3 is 2.23 bits per heavy atom. The van der Waals surface area contributed by atoms with Gasteiger partial charge in [0.1, 0.15) is 5.82 Å². The predicted molar refractivity (Wildman–Crippen MR) is 99.3 cm³/mol. The van der Waals surface area contributed by atoms with Crippen LogP contribution in [0.5, 0.6) is 0 Å². The molecule has 1 aromatic heterocycles. The summed E-state index contributed by atoms with van der Waals surface area (Å²) in [6, 6.07) is 14.5. The molecule has 0 aliphatic heterocycles. The van der Waals surface area contributed by atoms with E-state index in [1.807, 2.05) is 17.5 Å². The number of thiophene rings is 1. The minimum Gasteiger partial charge on any atom is -0.295 e. The molecule has 0 saturated heterocycles. The van der Waals surface area contributed by atoms with E-state index < -0.39 is 16.1 Å². The molecular weight excluding hydrogens is 373 g/mol. The van der Waals surface area contributed by atoms with Gasteiger partial charge in [0, 0.05) is 10.4 Å². The van der Waals surface area contributed by atoms with Crippen molar-refractivity contribution in [2.24, 2.45) is 0 Å². The zero-order chi connectivity index (χ0) is 18.7. The summed E-state index contributed by atoms with van der Waals surface area (Å²) in [4.78, 5) is 12.2. The van der Waals surface area contributed by atoms with Crippen molar-refractivity contribution >= 4 is 27.1 Å². The summed E-state index contributed by atoms with van der Waals surface area (Å²) >= 11 is 1.41. The average Bonchev–Trinajstić information content (AvgIpc) is 3.15. The lowest BCUT2D eigenvalue weighted by atomic mass is 10.1. The monoisotopic (exact) mass is 389 g/mol. The van der Waals surface area contributed by atoms with E-state index in [2.05, 4.69) is 4.72 Å². The SMILES string of the molecule is CC(=O)c1ccc(S(=O)(=O)N[C@@H](c2ccc(F)cc2)c2cccs2)cc1. The van der Waals surface area contributed by atoms with E-state index in [-0.39, 0.29) is 16.5 Å². The molecule has 0 aliphatic carbocycles. The zero-order valence-electron chi connectivity index (χ0n) is 13.8. The van der Waals surface area contributed by atoms with E-state index in [0.717, 1.165) is 4.88 Å². The van der Waals surface area contributed by atoms with Crippen LogP contribution in [0, 0.1) is 5.82 Å². The van der Waals surface area contributed by atoms with E-state index in [1.54, 1.807) is 12.1 Å². The number of ketones is 1. The molecule has 26 heavy (non-hydrogen) atoms. The van der Waals surface area contributed by atoms with Gasteiger partial charge in [-0.1, -0.05) is 30.3 Å². The number of sulfonamides is 1. The maximum Gasteiger partial charge on any atom is 0.241 e. The Hall–Kier alpha value is -2.35. The second-order valence-corrected chi connectivity index (χ2v) is 8.40. The highest BCUT2D eigenvalue weighted by Gasteiger charge is 2.24. The Labute approximate surface area is 155 Å². The van der Waals surface area contributed by atoms with Crippen molar-refractivity contribution < 1.29 is 17.6 Å². The van der Waals surface area contributed by atoms with Gasteiger partial charge in [-0.05, 0) is 48.2 Å². The number of hydrogen-bond acceptors (Lipinski definition) is 4. The van der Waals surface area contributed by atoms with Crippen LogP contribution in [0.4, 0.5) is 4.39 Å². The summed E-state index contributed by atoms with van der Waals surface area (Å²) in [5, 5.41) is 1.85. The Balaban J connectivity index is 1.95. The lowest BCUT2D eigenvalue weighted by Crippen LogP contribution is -2.29. The van der Waals surface area contributed by atoms with Crippen molar-refractivity contribution in [3.63, 3.8) is 0 Å². The second-order valence-electron chi connectivity index (χ2n) is 5.70. The summed E-state index contributed by atoms with van der Waals surface area (Å²) < 4.78 is 41.5. The van der Waals surface area contributed by atoms with Gasteiger partial charge in [-0.25, -0.2) is 12.8 Å². The van der Waals surface area contributed by atoms with E-state index >= 15 is 0 Å². The van der Waals surface area contributed by atoms with Crippen LogP contribution >= 0.6 is 11.3 Å². The lowest BCUT2D eigenvalue weighted by molar-refractivity contribution is 0.101. The highest BCUT2D eigenvalue weighted by Crippen LogP contribution is 2.28. The van der Waals surface area contributed by atoms with Crippen molar-refractivity contribution in [1.82, 2.24) is 4.72 Å². The molecule has 0 aliphatic rings. The van der Waals surface area contributed by atoms with E-state index in [1.165, 1.54) is 54.7 Å². The van der Waals surface area contributed by atoms with Crippen molar-refractivity contribution in [2.45, 2.75) is 17.9 Å². The highest BCUT2D eigenvalue weighted by atomic mass is 32.2. The molecule has 3 rings (SSSR count). The standard InChI is InChI=1S/C19H16FNO3S2/c1-13(22)14-6-10-17(11-7-14)26(23,24)21-19(18-3-2-12-25-18)15-4-8-16(20)9-5-15/h2-12,19,21H,1H3/t19-/m0/s1. The minimum atomic E-state index is -3.83. The molecule has 0 bridgehead atoms. The fourth-order valence-electron chi connectivity index (χ4n) is 2.49. The molecule has 134 valence electrons. The van der Waals surface area contributed by atoms with Crippen LogP contribution in [0.15, 0.2) is 70.9 Å². The van der Waals surface area contributed by atoms with Crippen molar-refractivity contribution in [3.05, 3.63) is 87.9 Å². The first-order valence-electron chi connectivity index (χ1n) is 7.79. The number of hydrogen-bond donors (Lipinski definition) is 1. The fraction of sp³-hybridized carbons (Fsp3) is 0.105. The topological polar surface area (TPSA) is 63.2 Å². The number of halogens is 1. The largest absolute Gasteiger partial charge is 0.295 e. The van der Waals surface area contributed by atoms with Crippen LogP contribution in [-0.4, -0.2) is 14.2 Å². The molecule has 0 radical (unpaired) electrons. The smallest absolute Gasteiger partial charge is 0.241 e. The molecule has 7 heteroatoms. The minimum absolute atomic E-state index is 0.0613. The van der Waals surface area contributed by atoms with Gasteiger partial charge in [0.25, 0.3) is 0 Å². The fourth-order valence-corrected chi connectivity index (χ4v) is 4.57. The molecule has 1 N–H and O–H groups in total. The first kappa shape index (κ1) is 18.4. The van der Waals surface area contributed by atoms with Crippen molar-refractivity contribution in [3.8, 4) is 0 Å². The number of rotatable bonds is 6. The molecule has 0 amide bonds. The van der Waals surface area contributed by atoms with Gasteiger partial charge < -0.3 is 0 Å². The molecule has 1 atom stereocenters. The number of nitrogens with one attached hydrogen (secondary N) is 1. The Morgan fingerprint density at radius 1 is 1.04 bits per heavy atom. The van der Waals surface area contributed by atoms with E-state index in [9.17, 15) is 17.6 Å². The number of Topliss-reactive ketones (excluding diaryl/α,β-unsaturated/α-hetero) is 1. The van der Waals surface area contributed by atoms with Crippen LogP contribution in [0.3, 0.4) is 0 Å². The van der Waals surface area contributed by atoms with E-state index in [4.69, 9.17) is 0 Å². The van der Waals surface area contributed by atoms with Crippen molar-refractivity contribution in [2.75, 3.05) is 0 Å². The third-order valence-electron chi connectivity index (χ3n) is 3.88. The third-order valence-corrected chi connectivity index (χ3v) is 6.25. The van der Waals surface area contributed by atoms with Crippen LogP contribution in [0.1, 0.15) is 33.8 Å². The average molecular weight is 389 g/mol. The first-order chi connectivity index (χ1) is 12.4. The maximum atomic E-state index is 13.2. The maximum absolute atomic E-state index is 13.2. The summed E-state index contributed by atoms with van der Waals surface area (Å²) in [5.41, 5.74) is 1.08. The zero-order valence-corrected chi connectivity index (χ0v) is 15.5. The van der Waals surface area contributed by atoms with Gasteiger partial charge >= 0.3 is 0 Å². The van der Waals surface area contributed by atoms with Gasteiger partial charge in [0.2, 0.25) is 10.0 Å². The Kier molecular flexibility index (Phi) is 5.31. The summed E-state index contributed by atoms with van der Waals surface area (Å²) in [6.07, 6.45) is 0. The van der Waals surface area contributed by atoms with Gasteiger partial charge in [0.15, 0.2) is 5.78 Å².